The van der Waals surface area contributed by atoms with Crippen LogP contribution in [-0.2, 0) is 11.4 Å². The molecule has 2 aliphatic rings. The zero-order chi connectivity index (χ0) is 29.8. The molecule has 2 atom stereocenters. The molecule has 4 heterocycles. The molecule has 11 nitrogen and oxygen atoms in total. The zero-order valence-corrected chi connectivity index (χ0v) is 20.1. The maximum absolute atomic E-state index is 15.2. The number of carbonyl (C=O) groups is 1. The van der Waals surface area contributed by atoms with Crippen molar-refractivity contribution in [2.24, 2.45) is 5.22 Å². The first kappa shape index (κ1) is 21.8. The normalized spacial score (nSPS) is 20.3. The molecule has 0 radical (unpaired) electrons. The van der Waals surface area contributed by atoms with Crippen LogP contribution in [0.3, 0.4) is 0 Å². The Kier molecular flexibility index (Phi) is 5.69. The number of nitrogens with one attached hydrogen (secondary N) is 3. The van der Waals surface area contributed by atoms with Crippen molar-refractivity contribution >= 4 is 35.1 Å². The largest absolute Gasteiger partial charge is 0.618 e. The molecular formula is C24H21ClF2N8O3. The van der Waals surface area contributed by atoms with E-state index in [1.807, 2.05) is 0 Å². The Morgan fingerprint density at radius 1 is 1.42 bits per heavy atom. The highest BCUT2D eigenvalue weighted by atomic mass is 35.5. The Morgan fingerprint density at radius 3 is 2.92 bits per heavy atom. The molecule has 3 aromatic rings. The minimum absolute atomic E-state index is 0.0584. The van der Waals surface area contributed by atoms with Gasteiger partial charge in [-0.3, -0.25) is 10.2 Å². The summed E-state index contributed by atoms with van der Waals surface area (Å²) in [7, 11) is 0. The SMILES string of the molecule is [2H]c1nc([C@@H]2CC[C@@H]3CC(c4c(N(C=N)N=N)ccc(Cl)c4F)=CC(=O)N32)[nH]c1-c1cc[n+]([O-])c(C([2H])([2H])O)c1F. The Balaban J connectivity index is 1.51. The van der Waals surface area contributed by atoms with E-state index in [4.69, 9.17) is 26.7 Å². The molecule has 0 bridgehead atoms. The number of aromatic nitrogens is 3. The number of fused-ring (bicyclic) bond motifs is 1. The van der Waals surface area contributed by atoms with E-state index in [1.54, 1.807) is 0 Å². The van der Waals surface area contributed by atoms with E-state index in [0.717, 1.165) is 23.6 Å². The minimum Gasteiger partial charge on any atom is -0.618 e. The summed E-state index contributed by atoms with van der Waals surface area (Å²) >= 11 is 6.01. The molecule has 38 heavy (non-hydrogen) atoms. The van der Waals surface area contributed by atoms with Crippen LogP contribution in [0.5, 0.6) is 0 Å². The number of halogens is 3. The smallest absolute Gasteiger partial charge is 0.254 e. The van der Waals surface area contributed by atoms with Crippen LogP contribution in [0.1, 0.15) is 46.5 Å². The van der Waals surface area contributed by atoms with Gasteiger partial charge in [-0.05, 0) is 37.0 Å². The molecule has 4 N–H and O–H groups in total. The number of nitrogens with zero attached hydrogens (tertiary/aromatic N) is 5. The maximum Gasteiger partial charge on any atom is 0.254 e. The Hall–Kier alpha value is -4.23. The third-order valence-electron chi connectivity index (χ3n) is 6.65. The van der Waals surface area contributed by atoms with Crippen molar-refractivity contribution in [1.29, 1.82) is 10.9 Å². The van der Waals surface area contributed by atoms with Gasteiger partial charge in [0.05, 0.1) is 32.7 Å². The van der Waals surface area contributed by atoms with Crippen LogP contribution in [0.4, 0.5) is 14.5 Å². The van der Waals surface area contributed by atoms with Gasteiger partial charge in [-0.2, -0.15) is 14.7 Å². The first-order valence-corrected chi connectivity index (χ1v) is 11.6. The van der Waals surface area contributed by atoms with Crippen LogP contribution in [0.25, 0.3) is 16.8 Å². The Labute approximate surface area is 223 Å². The molecule has 5 rings (SSSR count). The molecule has 196 valence electrons. The molecule has 2 aromatic heterocycles. The maximum atomic E-state index is 15.2. The third kappa shape index (κ3) is 4.09. The lowest BCUT2D eigenvalue weighted by molar-refractivity contribution is -0.618. The molecule has 1 fully saturated rings. The lowest BCUT2D eigenvalue weighted by Crippen LogP contribution is -2.39. The van der Waals surface area contributed by atoms with Gasteiger partial charge >= 0.3 is 0 Å². The number of amides is 1. The number of carbonyl (C=O) groups excluding carboxylic acids is 1. The number of imidazole rings is 1. The second kappa shape index (κ2) is 9.91. The van der Waals surface area contributed by atoms with Gasteiger partial charge < -0.3 is 20.2 Å². The number of aromatic amines is 1. The minimum atomic E-state index is -3.29. The van der Waals surface area contributed by atoms with Gasteiger partial charge in [-0.15, -0.1) is 0 Å². The molecule has 14 heteroatoms. The van der Waals surface area contributed by atoms with Crippen LogP contribution < -0.4 is 9.74 Å². The molecule has 1 aromatic carbocycles. The molecule has 2 aliphatic heterocycles. The van der Waals surface area contributed by atoms with Crippen molar-refractivity contribution in [3.63, 3.8) is 0 Å². The number of hydrogen-bond acceptors (Lipinski definition) is 7. The predicted octanol–water partition coefficient (Wildman–Crippen LogP) is 4.01. The summed E-state index contributed by atoms with van der Waals surface area (Å²) in [6.45, 7) is -3.29. The summed E-state index contributed by atoms with van der Waals surface area (Å²) in [5.74, 6) is -2.54. The topological polar surface area (TPSA) is 159 Å². The van der Waals surface area contributed by atoms with Gasteiger partial charge in [-0.1, -0.05) is 16.8 Å². The lowest BCUT2D eigenvalue weighted by Gasteiger charge is -2.33. The van der Waals surface area contributed by atoms with Gasteiger partial charge in [0, 0.05) is 29.3 Å². The van der Waals surface area contributed by atoms with E-state index in [0.29, 0.717) is 18.4 Å². The number of rotatable bonds is 7. The van der Waals surface area contributed by atoms with Crippen molar-refractivity contribution in [3.8, 4) is 11.3 Å². The van der Waals surface area contributed by atoms with Gasteiger partial charge in [-0.25, -0.2) is 14.4 Å². The van der Waals surface area contributed by atoms with Crippen LogP contribution >= 0.6 is 11.6 Å². The standard InChI is InChI=1S/C24H21ClF2N8O3/c25-15-2-4-17(33(11-28)32-29)21(23(15)27)12-7-13-1-3-18(35(13)20(37)8-12)24-30-9-16(31-24)14-5-6-34(38)19(10-36)22(14)26/h2,4-6,8-9,11,13,18,28-29,36H,1,3,7,10H2,(H,30,31)/t13-,18+/m1/s1/i9D,10D2. The quantitative estimate of drug-likeness (QED) is 0.0879. The van der Waals surface area contributed by atoms with Crippen LogP contribution in [0.2, 0.25) is 5.02 Å². The summed E-state index contributed by atoms with van der Waals surface area (Å²) in [5.41, 5.74) is 5.89. The van der Waals surface area contributed by atoms with Gasteiger partial charge in [0.1, 0.15) is 18.7 Å². The first-order valence-electron chi connectivity index (χ1n) is 12.8. The van der Waals surface area contributed by atoms with E-state index in [1.165, 1.54) is 23.1 Å². The Bertz CT molecular complexity index is 1620. The van der Waals surface area contributed by atoms with Crippen molar-refractivity contribution in [1.82, 2.24) is 14.9 Å². The molecule has 0 aliphatic carbocycles. The number of anilines is 1. The lowest BCUT2D eigenvalue weighted by atomic mass is 9.92. The fraction of sp³-hybridized carbons (Fsp3) is 0.250. The van der Waals surface area contributed by atoms with E-state index < -0.39 is 48.1 Å². The zero-order valence-electron chi connectivity index (χ0n) is 22.4. The number of benzene rings is 1. The number of H-pyrrole nitrogens is 1. The fourth-order valence-electron chi connectivity index (χ4n) is 4.98. The highest BCUT2D eigenvalue weighted by Crippen LogP contribution is 2.45. The number of aliphatic hydroxyl groups is 1. The van der Waals surface area contributed by atoms with Crippen molar-refractivity contribution in [2.75, 3.05) is 5.01 Å². The number of hydrogen-bond donors (Lipinski definition) is 4. The average Bonchev–Trinajstić information content (AvgIpc) is 3.50. The highest BCUT2D eigenvalue weighted by molar-refractivity contribution is 6.31. The predicted molar refractivity (Wildman–Crippen MR) is 132 cm³/mol. The second-order valence-corrected chi connectivity index (χ2v) is 9.04. The third-order valence-corrected chi connectivity index (χ3v) is 6.95. The molecule has 0 saturated carbocycles. The van der Waals surface area contributed by atoms with Crippen molar-refractivity contribution in [2.45, 2.75) is 37.9 Å². The molecule has 0 spiro atoms. The average molecular weight is 546 g/mol. The Morgan fingerprint density at radius 2 is 2.21 bits per heavy atom. The molecule has 1 amide bonds. The van der Waals surface area contributed by atoms with Crippen molar-refractivity contribution in [3.05, 3.63) is 75.6 Å². The second-order valence-electron chi connectivity index (χ2n) is 8.63. The van der Waals surface area contributed by atoms with E-state index >= 15 is 8.78 Å². The van der Waals surface area contributed by atoms with Gasteiger partial charge in [0.2, 0.25) is 11.7 Å². The summed E-state index contributed by atoms with van der Waals surface area (Å²) in [6, 6.07) is 2.60. The van der Waals surface area contributed by atoms with E-state index in [2.05, 4.69) is 15.2 Å². The number of pyridine rings is 1. The van der Waals surface area contributed by atoms with E-state index in [9.17, 15) is 15.1 Å². The van der Waals surface area contributed by atoms with Crippen LogP contribution in [0, 0.1) is 27.8 Å². The molecule has 0 unspecified atom stereocenters. The summed E-state index contributed by atoms with van der Waals surface area (Å²) in [4.78, 5) is 21.9. The van der Waals surface area contributed by atoms with Crippen LogP contribution in [-0.4, -0.2) is 38.3 Å². The van der Waals surface area contributed by atoms with Crippen molar-refractivity contribution < 1.29 is 27.5 Å². The molecule has 1 saturated heterocycles. The van der Waals surface area contributed by atoms with E-state index in [-0.39, 0.29) is 44.5 Å². The highest BCUT2D eigenvalue weighted by Gasteiger charge is 2.42. The van der Waals surface area contributed by atoms with Crippen LogP contribution in [0.15, 0.2) is 41.9 Å². The van der Waals surface area contributed by atoms with Gasteiger partial charge in [0.25, 0.3) is 5.69 Å². The fourth-order valence-corrected chi connectivity index (χ4v) is 5.13. The summed E-state index contributed by atoms with van der Waals surface area (Å²) in [5, 5.41) is 32.9. The summed E-state index contributed by atoms with van der Waals surface area (Å²) in [6.07, 6.45) is 3.38. The monoisotopic (exact) mass is 545 g/mol. The van der Waals surface area contributed by atoms with Gasteiger partial charge in [0.15, 0.2) is 12.0 Å². The molecular weight excluding hydrogens is 522 g/mol. The summed E-state index contributed by atoms with van der Waals surface area (Å²) < 4.78 is 53.2. The first-order chi connectivity index (χ1) is 19.4.